The maximum atomic E-state index is 12.9. The Bertz CT molecular complexity index is 533. The molecule has 2 N–H and O–H groups in total. The second kappa shape index (κ2) is 6.93. The van der Waals surface area contributed by atoms with Crippen molar-refractivity contribution in [1.29, 1.82) is 0 Å². The topological polar surface area (TPSA) is 60.2 Å². The third-order valence-corrected chi connectivity index (χ3v) is 7.16. The van der Waals surface area contributed by atoms with Gasteiger partial charge in [0.25, 0.3) is 0 Å². The molecular formula is C17H27NO2S. The number of nitrogens with two attached hydrogens (primary N) is 1. The Labute approximate surface area is 128 Å². The van der Waals surface area contributed by atoms with Crippen LogP contribution in [0.15, 0.2) is 30.3 Å². The van der Waals surface area contributed by atoms with Gasteiger partial charge in [0.2, 0.25) is 0 Å². The molecule has 1 aromatic rings. The Morgan fingerprint density at radius 2 is 1.71 bits per heavy atom. The first-order valence-corrected chi connectivity index (χ1v) is 9.65. The summed E-state index contributed by atoms with van der Waals surface area (Å²) in [6.45, 7) is 3.92. The Morgan fingerprint density at radius 1 is 1.14 bits per heavy atom. The van der Waals surface area contributed by atoms with Crippen LogP contribution in [0.4, 0.5) is 0 Å². The predicted molar refractivity (Wildman–Crippen MR) is 87.7 cm³/mol. The van der Waals surface area contributed by atoms with E-state index in [1.54, 1.807) is 0 Å². The molecule has 2 atom stereocenters. The lowest BCUT2D eigenvalue weighted by molar-refractivity contribution is 0.472. The van der Waals surface area contributed by atoms with E-state index < -0.39 is 21.1 Å². The van der Waals surface area contributed by atoms with Gasteiger partial charge in [0, 0.05) is 6.04 Å². The van der Waals surface area contributed by atoms with Crippen LogP contribution >= 0.6 is 0 Å². The molecule has 1 aromatic carbocycles. The molecule has 0 bridgehead atoms. The van der Waals surface area contributed by atoms with Crippen molar-refractivity contribution in [2.75, 3.05) is 5.75 Å². The molecule has 21 heavy (non-hydrogen) atoms. The molecule has 0 aliphatic heterocycles. The summed E-state index contributed by atoms with van der Waals surface area (Å²) in [6.07, 6.45) is 4.42. The van der Waals surface area contributed by atoms with E-state index in [9.17, 15) is 8.42 Å². The van der Waals surface area contributed by atoms with Crippen LogP contribution in [-0.2, 0) is 9.84 Å². The molecule has 0 aromatic heterocycles. The van der Waals surface area contributed by atoms with E-state index in [1.165, 1.54) is 0 Å². The molecule has 2 rings (SSSR count). The molecule has 1 fully saturated rings. The summed E-state index contributed by atoms with van der Waals surface area (Å²) in [5.41, 5.74) is 7.23. The van der Waals surface area contributed by atoms with E-state index in [4.69, 9.17) is 5.73 Å². The quantitative estimate of drug-likeness (QED) is 0.877. The van der Waals surface area contributed by atoms with Gasteiger partial charge in [-0.3, -0.25) is 0 Å². The lowest BCUT2D eigenvalue weighted by atomic mass is 9.97. The number of benzene rings is 1. The number of hydrogen-bond donors (Lipinski definition) is 1. The van der Waals surface area contributed by atoms with Crippen LogP contribution in [0.5, 0.6) is 0 Å². The first-order valence-electron chi connectivity index (χ1n) is 7.94. The van der Waals surface area contributed by atoms with E-state index in [1.807, 2.05) is 44.2 Å². The molecule has 1 saturated carbocycles. The highest BCUT2D eigenvalue weighted by Gasteiger charge is 2.36. The summed E-state index contributed by atoms with van der Waals surface area (Å²) in [4.78, 5) is 0. The maximum absolute atomic E-state index is 12.9. The first-order chi connectivity index (χ1) is 9.92. The fourth-order valence-electron chi connectivity index (χ4n) is 3.53. The van der Waals surface area contributed by atoms with Gasteiger partial charge in [-0.15, -0.1) is 0 Å². The average Bonchev–Trinajstić information content (AvgIpc) is 2.91. The van der Waals surface area contributed by atoms with Crippen LogP contribution in [0, 0.1) is 11.8 Å². The second-order valence-corrected chi connectivity index (χ2v) is 8.83. The monoisotopic (exact) mass is 309 g/mol. The number of rotatable bonds is 6. The third kappa shape index (κ3) is 4.07. The van der Waals surface area contributed by atoms with Crippen LogP contribution in [0.3, 0.4) is 0 Å². The minimum atomic E-state index is -3.18. The molecular weight excluding hydrogens is 282 g/mol. The van der Waals surface area contributed by atoms with E-state index in [2.05, 4.69) is 0 Å². The van der Waals surface area contributed by atoms with Crippen LogP contribution in [0.2, 0.25) is 0 Å². The molecule has 0 saturated heterocycles. The second-order valence-electron chi connectivity index (χ2n) is 6.63. The highest BCUT2D eigenvalue weighted by molar-refractivity contribution is 7.92. The van der Waals surface area contributed by atoms with Crippen LogP contribution in [-0.4, -0.2) is 19.4 Å². The predicted octanol–water partition coefficient (Wildman–Crippen LogP) is 3.32. The normalized spacial score (nSPS) is 19.8. The van der Waals surface area contributed by atoms with Gasteiger partial charge in [-0.25, -0.2) is 8.42 Å². The Hall–Kier alpha value is -0.870. The van der Waals surface area contributed by atoms with Gasteiger partial charge in [0.05, 0.1) is 11.0 Å². The van der Waals surface area contributed by atoms with Gasteiger partial charge in [0.1, 0.15) is 0 Å². The summed E-state index contributed by atoms with van der Waals surface area (Å²) in [5.74, 6) is 0.655. The fraction of sp³-hybridized carbons (Fsp3) is 0.647. The van der Waals surface area contributed by atoms with Crippen LogP contribution in [0.25, 0.3) is 0 Å². The highest BCUT2D eigenvalue weighted by Crippen LogP contribution is 2.32. The molecule has 4 heteroatoms. The van der Waals surface area contributed by atoms with Gasteiger partial charge in [-0.05, 0) is 30.2 Å². The van der Waals surface area contributed by atoms with E-state index in [0.717, 1.165) is 31.2 Å². The van der Waals surface area contributed by atoms with E-state index in [-0.39, 0.29) is 5.92 Å². The van der Waals surface area contributed by atoms with Crippen LogP contribution in [0.1, 0.15) is 51.1 Å². The lowest BCUT2D eigenvalue weighted by Gasteiger charge is -2.28. The molecule has 0 radical (unpaired) electrons. The smallest absolute Gasteiger partial charge is 0.155 e. The van der Waals surface area contributed by atoms with Crippen molar-refractivity contribution >= 4 is 9.84 Å². The zero-order valence-corrected chi connectivity index (χ0v) is 13.9. The van der Waals surface area contributed by atoms with Gasteiger partial charge >= 0.3 is 0 Å². The molecule has 118 valence electrons. The van der Waals surface area contributed by atoms with Gasteiger partial charge in [0.15, 0.2) is 9.84 Å². The Morgan fingerprint density at radius 3 is 2.24 bits per heavy atom. The van der Waals surface area contributed by atoms with Gasteiger partial charge in [-0.2, -0.15) is 0 Å². The standard InChI is InChI=1S/C17H27NO2S/c1-13(2)17(16(18)15-10-4-3-5-11-15)21(19,20)12-14-8-6-7-9-14/h3-5,10-11,13-14,16-17H,6-9,12,18H2,1-2H3. The van der Waals surface area contributed by atoms with Gasteiger partial charge in [-0.1, -0.05) is 57.0 Å². The van der Waals surface area contributed by atoms with Crippen molar-refractivity contribution in [3.05, 3.63) is 35.9 Å². The third-order valence-electron chi connectivity index (χ3n) is 4.55. The molecule has 0 amide bonds. The fourth-order valence-corrected chi connectivity index (χ4v) is 6.18. The van der Waals surface area contributed by atoms with E-state index in [0.29, 0.717) is 11.7 Å². The molecule has 1 aliphatic rings. The van der Waals surface area contributed by atoms with E-state index >= 15 is 0 Å². The van der Waals surface area contributed by atoms with Crippen molar-refractivity contribution in [3.63, 3.8) is 0 Å². The first kappa shape index (κ1) is 16.5. The number of sulfone groups is 1. The zero-order valence-electron chi connectivity index (χ0n) is 13.0. The van der Waals surface area contributed by atoms with Crippen molar-refractivity contribution in [3.8, 4) is 0 Å². The lowest BCUT2D eigenvalue weighted by Crippen LogP contribution is -2.40. The van der Waals surface area contributed by atoms with Crippen molar-refractivity contribution < 1.29 is 8.42 Å². The minimum absolute atomic E-state index is 0.0200. The van der Waals surface area contributed by atoms with Crippen molar-refractivity contribution in [2.45, 2.75) is 50.8 Å². The van der Waals surface area contributed by atoms with Crippen molar-refractivity contribution in [2.24, 2.45) is 17.6 Å². The summed E-state index contributed by atoms with van der Waals surface area (Å²) < 4.78 is 25.7. The Balaban J connectivity index is 2.21. The SMILES string of the molecule is CC(C)C(C(N)c1ccccc1)S(=O)(=O)CC1CCCC1. The largest absolute Gasteiger partial charge is 0.323 e. The zero-order chi connectivity index (χ0) is 15.5. The van der Waals surface area contributed by atoms with Crippen molar-refractivity contribution in [1.82, 2.24) is 0 Å². The van der Waals surface area contributed by atoms with Gasteiger partial charge < -0.3 is 5.73 Å². The van der Waals surface area contributed by atoms with Crippen LogP contribution < -0.4 is 5.73 Å². The summed E-state index contributed by atoms with van der Waals surface area (Å²) in [5, 5.41) is -0.500. The Kier molecular flexibility index (Phi) is 5.44. The summed E-state index contributed by atoms with van der Waals surface area (Å²) in [7, 11) is -3.18. The molecule has 0 spiro atoms. The number of hydrogen-bond acceptors (Lipinski definition) is 3. The highest BCUT2D eigenvalue weighted by atomic mass is 32.2. The molecule has 3 nitrogen and oxygen atoms in total. The average molecular weight is 309 g/mol. The summed E-state index contributed by atoms with van der Waals surface area (Å²) in [6, 6.07) is 9.15. The minimum Gasteiger partial charge on any atom is -0.323 e. The summed E-state index contributed by atoms with van der Waals surface area (Å²) >= 11 is 0. The molecule has 1 aliphatic carbocycles. The molecule has 2 unspecified atom stereocenters. The maximum Gasteiger partial charge on any atom is 0.155 e. The molecule has 0 heterocycles.